The molecule has 0 aromatic heterocycles. The molecule has 0 bridgehead atoms. The minimum absolute atomic E-state index is 0.0111. The Hall–Kier alpha value is -0.0400. The fourth-order valence-corrected chi connectivity index (χ4v) is 9.90. The fourth-order valence-electron chi connectivity index (χ4n) is 9.90. The van der Waals surface area contributed by atoms with Gasteiger partial charge in [0.1, 0.15) is 0 Å². The molecule has 4 rings (SSSR count). The van der Waals surface area contributed by atoms with Crippen LogP contribution in [0.5, 0.6) is 0 Å². The predicted octanol–water partition coefficient (Wildman–Crippen LogP) is 8.10. The molecule has 4 fully saturated rings. The zero-order chi connectivity index (χ0) is 21.7. The van der Waals surface area contributed by atoms with Crippen molar-refractivity contribution >= 4 is 0 Å². The van der Waals surface area contributed by atoms with Gasteiger partial charge in [-0.3, -0.25) is 0 Å². The number of hydrogen-bond donors (Lipinski definition) is 1. The Labute approximate surface area is 188 Å². The molecule has 0 saturated heterocycles. The van der Waals surface area contributed by atoms with E-state index in [2.05, 4.69) is 41.5 Å². The van der Waals surface area contributed by atoms with E-state index in [0.29, 0.717) is 10.8 Å². The molecule has 174 valence electrons. The second-order valence-electron chi connectivity index (χ2n) is 13.3. The van der Waals surface area contributed by atoms with Crippen LogP contribution in [-0.4, -0.2) is 11.2 Å². The van der Waals surface area contributed by atoms with Crippen molar-refractivity contribution in [2.24, 2.45) is 58.2 Å². The zero-order valence-corrected chi connectivity index (χ0v) is 21.1. The third-order valence-electron chi connectivity index (χ3n) is 11.9. The van der Waals surface area contributed by atoms with E-state index in [4.69, 9.17) is 0 Å². The van der Waals surface area contributed by atoms with E-state index in [1.165, 1.54) is 64.2 Å². The summed E-state index contributed by atoms with van der Waals surface area (Å²) in [4.78, 5) is 0. The highest BCUT2D eigenvalue weighted by molar-refractivity contribution is 5.09. The van der Waals surface area contributed by atoms with Crippen molar-refractivity contribution < 1.29 is 5.11 Å². The molecule has 0 amide bonds. The van der Waals surface area contributed by atoms with E-state index in [0.717, 1.165) is 60.2 Å². The Balaban J connectivity index is 1.45. The summed E-state index contributed by atoms with van der Waals surface area (Å²) in [5.74, 6) is 7.34. The third kappa shape index (κ3) is 3.82. The molecule has 1 heteroatoms. The molecule has 0 spiro atoms. The van der Waals surface area contributed by atoms with E-state index in [1.54, 1.807) is 0 Å². The molecule has 4 aliphatic rings. The quantitative estimate of drug-likeness (QED) is 0.463. The first-order valence-electron chi connectivity index (χ1n) is 13.9. The minimum Gasteiger partial charge on any atom is -0.393 e. The van der Waals surface area contributed by atoms with Crippen molar-refractivity contribution in [2.75, 3.05) is 0 Å². The Morgan fingerprint density at radius 3 is 2.23 bits per heavy atom. The molecule has 30 heavy (non-hydrogen) atoms. The summed E-state index contributed by atoms with van der Waals surface area (Å²) < 4.78 is 0. The van der Waals surface area contributed by atoms with Gasteiger partial charge in [-0.1, -0.05) is 54.4 Å². The highest BCUT2D eigenvalue weighted by Gasteiger charge is 2.60. The molecule has 10 atom stereocenters. The molecular weight excluding hydrogens is 364 g/mol. The van der Waals surface area contributed by atoms with Gasteiger partial charge in [-0.05, 0) is 122 Å². The average Bonchev–Trinajstić information content (AvgIpc) is 3.06. The molecule has 0 radical (unpaired) electrons. The van der Waals surface area contributed by atoms with Crippen LogP contribution in [0.4, 0.5) is 0 Å². The van der Waals surface area contributed by atoms with Gasteiger partial charge in [0.25, 0.3) is 0 Å². The molecule has 4 aliphatic carbocycles. The number of aliphatic hydroxyl groups is 1. The van der Waals surface area contributed by atoms with Crippen LogP contribution in [0, 0.1) is 58.2 Å². The first-order chi connectivity index (χ1) is 14.2. The van der Waals surface area contributed by atoms with Crippen molar-refractivity contribution in [1.29, 1.82) is 0 Å². The number of aliphatic hydroxyl groups excluding tert-OH is 1. The van der Waals surface area contributed by atoms with E-state index >= 15 is 0 Å². The SMILES string of the molecule is CCC(CC[C@H](C)C1CCC2C3CCC4C[C@@H](O)CCC4(C)C3CCC21C)C(C)C. The van der Waals surface area contributed by atoms with Crippen LogP contribution in [0.3, 0.4) is 0 Å². The van der Waals surface area contributed by atoms with Crippen LogP contribution in [-0.2, 0) is 0 Å². The van der Waals surface area contributed by atoms with Crippen LogP contribution in [0.25, 0.3) is 0 Å². The monoisotopic (exact) mass is 416 g/mol. The van der Waals surface area contributed by atoms with Gasteiger partial charge >= 0.3 is 0 Å². The summed E-state index contributed by atoms with van der Waals surface area (Å²) in [7, 11) is 0. The molecule has 8 unspecified atom stereocenters. The fraction of sp³-hybridized carbons (Fsp3) is 1.00. The number of rotatable bonds is 6. The van der Waals surface area contributed by atoms with Crippen molar-refractivity contribution in [3.05, 3.63) is 0 Å². The summed E-state index contributed by atoms with van der Waals surface area (Å²) in [6.07, 6.45) is 16.5. The zero-order valence-electron chi connectivity index (χ0n) is 21.1. The Morgan fingerprint density at radius 1 is 0.833 bits per heavy atom. The minimum atomic E-state index is -0.0111. The van der Waals surface area contributed by atoms with Crippen molar-refractivity contribution in [3.8, 4) is 0 Å². The van der Waals surface area contributed by atoms with Gasteiger partial charge in [-0.2, -0.15) is 0 Å². The van der Waals surface area contributed by atoms with Gasteiger partial charge in [-0.15, -0.1) is 0 Å². The summed E-state index contributed by atoms with van der Waals surface area (Å²) in [5.41, 5.74) is 1.14. The standard InChI is InChI=1S/C29H52O/c1-7-21(19(2)3)9-8-20(4)25-12-13-26-24-11-10-22-18-23(30)14-16-28(22,5)27(24)15-17-29(25,26)6/h19-27,30H,7-18H2,1-6H3/t20-,21?,22?,23-,24?,25?,26?,27?,28?,29?/m0/s1. The van der Waals surface area contributed by atoms with E-state index < -0.39 is 0 Å². The normalized spacial score (nSPS) is 48.0. The summed E-state index contributed by atoms with van der Waals surface area (Å²) in [6.45, 7) is 15.2. The van der Waals surface area contributed by atoms with Crippen LogP contribution in [0.1, 0.15) is 119 Å². The highest BCUT2D eigenvalue weighted by atomic mass is 16.3. The second kappa shape index (κ2) is 8.72. The van der Waals surface area contributed by atoms with Gasteiger partial charge in [0, 0.05) is 0 Å². The maximum Gasteiger partial charge on any atom is 0.0543 e. The summed E-state index contributed by atoms with van der Waals surface area (Å²) in [5, 5.41) is 10.3. The topological polar surface area (TPSA) is 20.2 Å². The molecule has 0 aromatic carbocycles. The van der Waals surface area contributed by atoms with Crippen LogP contribution in [0.15, 0.2) is 0 Å². The van der Waals surface area contributed by atoms with E-state index in [1.807, 2.05) is 0 Å². The van der Waals surface area contributed by atoms with E-state index in [9.17, 15) is 5.11 Å². The Bertz CT molecular complexity index is 583. The first-order valence-corrected chi connectivity index (χ1v) is 13.9. The summed E-state index contributed by atoms with van der Waals surface area (Å²) >= 11 is 0. The van der Waals surface area contributed by atoms with Crippen molar-refractivity contribution in [1.82, 2.24) is 0 Å². The van der Waals surface area contributed by atoms with Crippen LogP contribution in [0.2, 0.25) is 0 Å². The summed E-state index contributed by atoms with van der Waals surface area (Å²) in [6, 6.07) is 0. The highest BCUT2D eigenvalue weighted by Crippen LogP contribution is 2.68. The molecule has 1 nitrogen and oxygen atoms in total. The maximum atomic E-state index is 10.3. The molecule has 1 N–H and O–H groups in total. The van der Waals surface area contributed by atoms with Gasteiger partial charge in [-0.25, -0.2) is 0 Å². The van der Waals surface area contributed by atoms with E-state index in [-0.39, 0.29) is 6.10 Å². The average molecular weight is 417 g/mol. The molecule has 0 heterocycles. The Morgan fingerprint density at radius 2 is 1.53 bits per heavy atom. The lowest BCUT2D eigenvalue weighted by Crippen LogP contribution is -2.54. The number of fused-ring (bicyclic) bond motifs is 5. The van der Waals surface area contributed by atoms with Crippen LogP contribution < -0.4 is 0 Å². The smallest absolute Gasteiger partial charge is 0.0543 e. The Kier molecular flexibility index (Phi) is 6.72. The van der Waals surface area contributed by atoms with Gasteiger partial charge < -0.3 is 5.11 Å². The second-order valence-corrected chi connectivity index (χ2v) is 13.3. The lowest BCUT2D eigenvalue weighted by Gasteiger charge is -2.61. The lowest BCUT2D eigenvalue weighted by atomic mass is 9.44. The predicted molar refractivity (Wildman–Crippen MR) is 128 cm³/mol. The van der Waals surface area contributed by atoms with Gasteiger partial charge in [0.05, 0.1) is 6.10 Å². The molecule has 0 aliphatic heterocycles. The number of hydrogen-bond acceptors (Lipinski definition) is 1. The van der Waals surface area contributed by atoms with Crippen molar-refractivity contribution in [3.63, 3.8) is 0 Å². The first kappa shape index (κ1) is 23.1. The third-order valence-corrected chi connectivity index (χ3v) is 11.9. The molecule has 4 saturated carbocycles. The van der Waals surface area contributed by atoms with Crippen molar-refractivity contribution in [2.45, 2.75) is 125 Å². The largest absolute Gasteiger partial charge is 0.393 e. The lowest BCUT2D eigenvalue weighted by molar-refractivity contribution is -0.129. The van der Waals surface area contributed by atoms with Crippen LogP contribution >= 0.6 is 0 Å². The molecular formula is C29H52O. The van der Waals surface area contributed by atoms with Gasteiger partial charge in [0.15, 0.2) is 0 Å². The van der Waals surface area contributed by atoms with Gasteiger partial charge in [0.2, 0.25) is 0 Å². The maximum absolute atomic E-state index is 10.3. The molecule has 0 aromatic rings.